The van der Waals surface area contributed by atoms with Gasteiger partial charge in [0.25, 0.3) is 0 Å². The van der Waals surface area contributed by atoms with Crippen molar-refractivity contribution in [2.24, 2.45) is 0 Å². The molecule has 2 atom stereocenters. The number of ether oxygens (including phenoxy) is 1. The Labute approximate surface area is 122 Å². The summed E-state index contributed by atoms with van der Waals surface area (Å²) in [6.07, 6.45) is 5.57. The second-order valence-electron chi connectivity index (χ2n) is 6.39. The van der Waals surface area contributed by atoms with Crippen LogP contribution in [0.15, 0.2) is 24.3 Å². The number of hydrogen-bond acceptors (Lipinski definition) is 3. The first-order valence-corrected chi connectivity index (χ1v) is 7.98. The Kier molecular flexibility index (Phi) is 4.16. The van der Waals surface area contributed by atoms with Crippen molar-refractivity contribution in [3.63, 3.8) is 0 Å². The van der Waals surface area contributed by atoms with Gasteiger partial charge >= 0.3 is 0 Å². The van der Waals surface area contributed by atoms with Crippen LogP contribution in [-0.4, -0.2) is 36.2 Å². The molecule has 3 heteroatoms. The first-order chi connectivity index (χ1) is 9.70. The van der Waals surface area contributed by atoms with E-state index in [0.717, 1.165) is 11.8 Å². The fraction of sp³-hybridized carbons (Fsp3) is 0.647. The normalized spacial score (nSPS) is 26.6. The van der Waals surface area contributed by atoms with Gasteiger partial charge in [-0.05, 0) is 70.3 Å². The summed E-state index contributed by atoms with van der Waals surface area (Å²) in [4.78, 5) is 2.66. The number of fused-ring (bicyclic) bond motifs is 1. The summed E-state index contributed by atoms with van der Waals surface area (Å²) in [6.45, 7) is 6.69. The number of rotatable bonds is 4. The van der Waals surface area contributed by atoms with Crippen LogP contribution in [0.5, 0.6) is 5.75 Å². The molecular weight excluding hydrogens is 248 g/mol. The maximum atomic E-state index is 5.68. The van der Waals surface area contributed by atoms with Gasteiger partial charge in [0.2, 0.25) is 0 Å². The van der Waals surface area contributed by atoms with E-state index in [4.69, 9.17) is 4.74 Å². The average Bonchev–Trinajstić information content (AvgIpc) is 2.88. The topological polar surface area (TPSA) is 24.5 Å². The van der Waals surface area contributed by atoms with Crippen molar-refractivity contribution < 1.29 is 4.74 Å². The van der Waals surface area contributed by atoms with Gasteiger partial charge in [0, 0.05) is 24.3 Å². The molecule has 2 aliphatic heterocycles. The number of anilines is 1. The van der Waals surface area contributed by atoms with Crippen LogP contribution in [0.4, 0.5) is 5.69 Å². The van der Waals surface area contributed by atoms with Gasteiger partial charge < -0.3 is 15.0 Å². The molecule has 3 rings (SSSR count). The lowest BCUT2D eigenvalue weighted by molar-refractivity contribution is 0.188. The molecule has 2 aliphatic rings. The number of benzene rings is 1. The smallest absolute Gasteiger partial charge is 0.119 e. The molecular formula is C17H26N2O. The van der Waals surface area contributed by atoms with Crippen LogP contribution in [-0.2, 0) is 0 Å². The zero-order valence-corrected chi connectivity index (χ0v) is 12.6. The molecule has 2 saturated heterocycles. The van der Waals surface area contributed by atoms with E-state index in [2.05, 4.69) is 48.3 Å². The minimum Gasteiger partial charge on any atom is -0.491 e. The molecule has 2 unspecified atom stereocenters. The minimum absolute atomic E-state index is 0.237. The van der Waals surface area contributed by atoms with Crippen molar-refractivity contribution >= 4 is 5.69 Å². The van der Waals surface area contributed by atoms with Crippen molar-refractivity contribution in [1.29, 1.82) is 0 Å². The quantitative estimate of drug-likeness (QED) is 0.909. The Hall–Kier alpha value is -1.22. The molecule has 1 aromatic rings. The van der Waals surface area contributed by atoms with E-state index in [0.29, 0.717) is 6.04 Å². The summed E-state index contributed by atoms with van der Waals surface area (Å²) in [6, 6.07) is 9.85. The highest BCUT2D eigenvalue weighted by Gasteiger charge is 2.31. The lowest BCUT2D eigenvalue weighted by Crippen LogP contribution is -2.42. The van der Waals surface area contributed by atoms with Crippen molar-refractivity contribution in [2.75, 3.05) is 18.4 Å². The molecule has 2 heterocycles. The highest BCUT2D eigenvalue weighted by molar-refractivity contribution is 5.47. The van der Waals surface area contributed by atoms with E-state index in [1.54, 1.807) is 0 Å². The number of hydrogen-bond donors (Lipinski definition) is 1. The van der Waals surface area contributed by atoms with E-state index >= 15 is 0 Å². The Morgan fingerprint density at radius 3 is 2.70 bits per heavy atom. The molecule has 0 aromatic heterocycles. The van der Waals surface area contributed by atoms with Crippen LogP contribution in [0.3, 0.4) is 0 Å². The summed E-state index contributed by atoms with van der Waals surface area (Å²) in [5, 5.41) is 3.69. The molecule has 2 fully saturated rings. The Balaban J connectivity index is 1.55. The zero-order valence-electron chi connectivity index (χ0n) is 12.6. The SMILES string of the molecule is CC(C)Oc1ccc(NC2CCN3CCCC3C2)cc1. The largest absolute Gasteiger partial charge is 0.491 e. The molecule has 3 nitrogen and oxygen atoms in total. The van der Waals surface area contributed by atoms with Gasteiger partial charge in [0.1, 0.15) is 5.75 Å². The summed E-state index contributed by atoms with van der Waals surface area (Å²) < 4.78 is 5.68. The van der Waals surface area contributed by atoms with Gasteiger partial charge in [-0.2, -0.15) is 0 Å². The molecule has 0 bridgehead atoms. The fourth-order valence-electron chi connectivity index (χ4n) is 3.49. The maximum Gasteiger partial charge on any atom is 0.119 e. The molecule has 0 radical (unpaired) electrons. The lowest BCUT2D eigenvalue weighted by atomic mass is 9.97. The van der Waals surface area contributed by atoms with Crippen LogP contribution in [0.1, 0.15) is 39.5 Å². The van der Waals surface area contributed by atoms with Crippen molar-refractivity contribution in [3.8, 4) is 5.75 Å². The highest BCUT2D eigenvalue weighted by Crippen LogP contribution is 2.28. The summed E-state index contributed by atoms with van der Waals surface area (Å²) in [7, 11) is 0. The molecule has 0 spiro atoms. The Morgan fingerprint density at radius 1 is 1.15 bits per heavy atom. The van der Waals surface area contributed by atoms with E-state index in [1.165, 1.54) is 44.5 Å². The fourth-order valence-corrected chi connectivity index (χ4v) is 3.49. The number of nitrogens with zero attached hydrogens (tertiary/aromatic N) is 1. The van der Waals surface area contributed by atoms with Crippen molar-refractivity contribution in [1.82, 2.24) is 4.90 Å². The molecule has 0 aliphatic carbocycles. The Morgan fingerprint density at radius 2 is 1.95 bits per heavy atom. The highest BCUT2D eigenvalue weighted by atomic mass is 16.5. The van der Waals surface area contributed by atoms with Gasteiger partial charge in [0.05, 0.1) is 6.10 Å². The second-order valence-corrected chi connectivity index (χ2v) is 6.39. The van der Waals surface area contributed by atoms with Crippen LogP contribution < -0.4 is 10.1 Å². The van der Waals surface area contributed by atoms with Crippen LogP contribution in [0, 0.1) is 0 Å². The average molecular weight is 274 g/mol. The van der Waals surface area contributed by atoms with Gasteiger partial charge in [-0.1, -0.05) is 0 Å². The first-order valence-electron chi connectivity index (χ1n) is 7.98. The van der Waals surface area contributed by atoms with Crippen molar-refractivity contribution in [2.45, 2.75) is 57.7 Å². The van der Waals surface area contributed by atoms with Crippen LogP contribution in [0.2, 0.25) is 0 Å². The van der Waals surface area contributed by atoms with E-state index < -0.39 is 0 Å². The molecule has 110 valence electrons. The number of nitrogens with one attached hydrogen (secondary N) is 1. The first kappa shape index (κ1) is 13.7. The predicted octanol–water partition coefficient (Wildman–Crippen LogP) is 3.51. The molecule has 0 saturated carbocycles. The monoisotopic (exact) mass is 274 g/mol. The second kappa shape index (κ2) is 6.04. The van der Waals surface area contributed by atoms with Gasteiger partial charge in [-0.25, -0.2) is 0 Å². The lowest BCUT2D eigenvalue weighted by Gasteiger charge is -2.35. The molecule has 20 heavy (non-hydrogen) atoms. The molecule has 0 amide bonds. The summed E-state index contributed by atoms with van der Waals surface area (Å²) in [5.74, 6) is 0.955. The summed E-state index contributed by atoms with van der Waals surface area (Å²) >= 11 is 0. The molecule has 1 N–H and O–H groups in total. The standard InChI is InChI=1S/C17H26N2O/c1-13(2)20-17-7-5-14(6-8-17)18-15-9-11-19-10-3-4-16(19)12-15/h5-8,13,15-16,18H,3-4,9-12H2,1-2H3. The van der Waals surface area contributed by atoms with Crippen LogP contribution >= 0.6 is 0 Å². The Bertz CT molecular complexity index is 429. The minimum atomic E-state index is 0.237. The predicted molar refractivity (Wildman–Crippen MR) is 83.4 cm³/mol. The van der Waals surface area contributed by atoms with E-state index in [1.807, 2.05) is 0 Å². The van der Waals surface area contributed by atoms with Gasteiger partial charge in [0.15, 0.2) is 0 Å². The zero-order chi connectivity index (χ0) is 13.9. The van der Waals surface area contributed by atoms with Crippen LogP contribution in [0.25, 0.3) is 0 Å². The maximum absolute atomic E-state index is 5.68. The summed E-state index contributed by atoms with van der Waals surface area (Å²) in [5.41, 5.74) is 1.22. The third-order valence-corrected chi connectivity index (χ3v) is 4.42. The molecule has 1 aromatic carbocycles. The third-order valence-electron chi connectivity index (χ3n) is 4.42. The van der Waals surface area contributed by atoms with Gasteiger partial charge in [-0.3, -0.25) is 0 Å². The van der Waals surface area contributed by atoms with E-state index in [-0.39, 0.29) is 6.10 Å². The van der Waals surface area contributed by atoms with E-state index in [9.17, 15) is 0 Å². The third kappa shape index (κ3) is 3.26. The van der Waals surface area contributed by atoms with Gasteiger partial charge in [-0.15, -0.1) is 0 Å². The number of piperidine rings is 1. The van der Waals surface area contributed by atoms with Crippen molar-refractivity contribution in [3.05, 3.63) is 24.3 Å².